The summed E-state index contributed by atoms with van der Waals surface area (Å²) in [4.78, 5) is 24.0. The summed E-state index contributed by atoms with van der Waals surface area (Å²) in [5.41, 5.74) is 0.840. The molecule has 0 aliphatic heterocycles. The molecular formula is C19H26N2O4. The first-order valence-electron chi connectivity index (χ1n) is 8.36. The molecule has 0 aliphatic rings. The molecule has 1 aromatic heterocycles. The van der Waals surface area contributed by atoms with Crippen molar-refractivity contribution in [2.24, 2.45) is 5.41 Å². The third-order valence-corrected chi connectivity index (χ3v) is 3.58. The molecule has 2 rings (SSSR count). The molecule has 6 heteroatoms. The Hall–Kier alpha value is -2.37. The number of ether oxygens (including phenoxy) is 1. The number of para-hydroxylation sites is 1. The number of esters is 1. The van der Waals surface area contributed by atoms with Crippen molar-refractivity contribution >= 4 is 22.8 Å². The fourth-order valence-electron chi connectivity index (χ4n) is 3.18. The van der Waals surface area contributed by atoms with Crippen LogP contribution in [-0.4, -0.2) is 29.2 Å². The van der Waals surface area contributed by atoms with Crippen LogP contribution >= 0.6 is 0 Å². The van der Waals surface area contributed by atoms with Gasteiger partial charge in [0.15, 0.2) is 12.2 Å². The molecule has 0 bridgehead atoms. The average Bonchev–Trinajstić information content (AvgIpc) is 2.85. The summed E-state index contributed by atoms with van der Waals surface area (Å²) in [6.45, 7) is 9.96. The third kappa shape index (κ3) is 5.89. The summed E-state index contributed by atoms with van der Waals surface area (Å²) < 4.78 is 10.2. The van der Waals surface area contributed by atoms with E-state index in [-0.39, 0.29) is 29.9 Å². The summed E-state index contributed by atoms with van der Waals surface area (Å²) in [7, 11) is 0. The Labute approximate surface area is 147 Å². The molecular weight excluding hydrogens is 320 g/mol. The smallest absolute Gasteiger partial charge is 0.312 e. The van der Waals surface area contributed by atoms with Crippen LogP contribution in [0.5, 0.6) is 0 Å². The molecule has 6 nitrogen and oxygen atoms in total. The first kappa shape index (κ1) is 19.0. The van der Waals surface area contributed by atoms with Gasteiger partial charge < -0.3 is 14.6 Å². The van der Waals surface area contributed by atoms with Gasteiger partial charge in [0, 0.05) is 10.9 Å². The number of hydrogen-bond acceptors (Lipinski definition) is 5. The second-order valence-corrected chi connectivity index (χ2v) is 8.13. The third-order valence-electron chi connectivity index (χ3n) is 3.58. The highest BCUT2D eigenvalue weighted by Crippen LogP contribution is 2.26. The SMILES string of the molecule is CC(C)(C)CC(C)(C)NC(=O)COC(=O)Cc1noc2ccccc12. The molecule has 0 unspecified atom stereocenters. The zero-order valence-electron chi connectivity index (χ0n) is 15.5. The predicted molar refractivity (Wildman–Crippen MR) is 95.0 cm³/mol. The van der Waals surface area contributed by atoms with Crippen LogP contribution in [0, 0.1) is 5.41 Å². The lowest BCUT2D eigenvalue weighted by Crippen LogP contribution is -2.47. The normalized spacial score (nSPS) is 12.2. The molecule has 0 saturated carbocycles. The number of amides is 1. The second-order valence-electron chi connectivity index (χ2n) is 8.13. The van der Waals surface area contributed by atoms with Crippen molar-refractivity contribution in [2.75, 3.05) is 6.61 Å². The topological polar surface area (TPSA) is 81.4 Å². The van der Waals surface area contributed by atoms with Crippen LogP contribution < -0.4 is 5.32 Å². The Bertz CT molecular complexity index is 756. The highest BCUT2D eigenvalue weighted by Gasteiger charge is 2.27. The number of carbonyl (C=O) groups is 2. The van der Waals surface area contributed by atoms with Crippen molar-refractivity contribution in [2.45, 2.75) is 53.0 Å². The Morgan fingerprint density at radius 1 is 1.16 bits per heavy atom. The number of aromatic nitrogens is 1. The van der Waals surface area contributed by atoms with Gasteiger partial charge >= 0.3 is 5.97 Å². The monoisotopic (exact) mass is 346 g/mol. The van der Waals surface area contributed by atoms with Crippen LogP contribution in [0.2, 0.25) is 0 Å². The fraction of sp³-hybridized carbons (Fsp3) is 0.526. The summed E-state index contributed by atoms with van der Waals surface area (Å²) in [5.74, 6) is -0.824. The number of fused-ring (bicyclic) bond motifs is 1. The lowest BCUT2D eigenvalue weighted by Gasteiger charge is -2.33. The molecule has 25 heavy (non-hydrogen) atoms. The molecule has 0 aliphatic carbocycles. The van der Waals surface area contributed by atoms with Crippen LogP contribution in [0.3, 0.4) is 0 Å². The molecule has 1 amide bonds. The highest BCUT2D eigenvalue weighted by atomic mass is 16.5. The first-order chi connectivity index (χ1) is 11.6. The molecule has 1 N–H and O–H groups in total. The minimum atomic E-state index is -0.511. The van der Waals surface area contributed by atoms with E-state index < -0.39 is 5.97 Å². The number of nitrogens with zero attached hydrogens (tertiary/aromatic N) is 1. The fourth-order valence-corrected chi connectivity index (χ4v) is 3.18. The zero-order valence-corrected chi connectivity index (χ0v) is 15.5. The molecule has 0 spiro atoms. The van der Waals surface area contributed by atoms with E-state index in [0.29, 0.717) is 11.3 Å². The van der Waals surface area contributed by atoms with Crippen LogP contribution in [0.25, 0.3) is 11.0 Å². The van der Waals surface area contributed by atoms with E-state index in [1.165, 1.54) is 0 Å². The second kappa shape index (κ2) is 7.25. The van der Waals surface area contributed by atoms with E-state index in [2.05, 4.69) is 31.2 Å². The maximum atomic E-state index is 12.0. The number of nitrogens with one attached hydrogen (secondary N) is 1. The van der Waals surface area contributed by atoms with Crippen molar-refractivity contribution < 1.29 is 18.8 Å². The van der Waals surface area contributed by atoms with E-state index in [4.69, 9.17) is 9.26 Å². The lowest BCUT2D eigenvalue weighted by atomic mass is 9.82. The van der Waals surface area contributed by atoms with Crippen LogP contribution in [0.4, 0.5) is 0 Å². The van der Waals surface area contributed by atoms with Gasteiger partial charge in [-0.25, -0.2) is 0 Å². The van der Waals surface area contributed by atoms with Gasteiger partial charge in [0.05, 0.1) is 6.42 Å². The van der Waals surface area contributed by atoms with Crippen molar-refractivity contribution in [1.29, 1.82) is 0 Å². The summed E-state index contributed by atoms with van der Waals surface area (Å²) >= 11 is 0. The van der Waals surface area contributed by atoms with E-state index >= 15 is 0 Å². The first-order valence-corrected chi connectivity index (χ1v) is 8.36. The Morgan fingerprint density at radius 3 is 2.52 bits per heavy atom. The largest absolute Gasteiger partial charge is 0.455 e. The minimum Gasteiger partial charge on any atom is -0.455 e. The quantitative estimate of drug-likeness (QED) is 0.812. The van der Waals surface area contributed by atoms with Crippen molar-refractivity contribution in [3.63, 3.8) is 0 Å². The summed E-state index contributed by atoms with van der Waals surface area (Å²) in [6, 6.07) is 7.29. The van der Waals surface area contributed by atoms with Crippen molar-refractivity contribution in [3.8, 4) is 0 Å². The molecule has 2 aromatic rings. The molecule has 1 aromatic carbocycles. The predicted octanol–water partition coefficient (Wildman–Crippen LogP) is 3.24. The van der Waals surface area contributed by atoms with Crippen molar-refractivity contribution in [3.05, 3.63) is 30.0 Å². The Balaban J connectivity index is 1.84. The zero-order chi connectivity index (χ0) is 18.7. The van der Waals surface area contributed by atoms with E-state index in [9.17, 15) is 9.59 Å². The average molecular weight is 346 g/mol. The van der Waals surface area contributed by atoms with Crippen molar-refractivity contribution in [1.82, 2.24) is 10.5 Å². The Kier molecular flexibility index (Phi) is 5.50. The minimum absolute atomic E-state index is 0.0321. The standard InChI is InChI=1S/C19H26N2O4/c1-18(2,3)12-19(4,5)20-16(22)11-24-17(23)10-14-13-8-6-7-9-15(13)25-21-14/h6-9H,10-12H2,1-5H3,(H,20,22). The van der Waals surface area contributed by atoms with Crippen LogP contribution in [-0.2, 0) is 20.7 Å². The molecule has 0 atom stereocenters. The van der Waals surface area contributed by atoms with Gasteiger partial charge in [0.2, 0.25) is 0 Å². The number of benzene rings is 1. The van der Waals surface area contributed by atoms with E-state index in [1.54, 1.807) is 6.07 Å². The number of carbonyl (C=O) groups excluding carboxylic acids is 2. The van der Waals surface area contributed by atoms with Gasteiger partial charge in [0.25, 0.3) is 5.91 Å². The van der Waals surface area contributed by atoms with Crippen LogP contribution in [0.1, 0.15) is 46.7 Å². The number of hydrogen-bond donors (Lipinski definition) is 1. The lowest BCUT2D eigenvalue weighted by molar-refractivity contribution is -0.148. The highest BCUT2D eigenvalue weighted by molar-refractivity contribution is 5.85. The molecule has 0 fully saturated rings. The maximum Gasteiger partial charge on any atom is 0.312 e. The van der Waals surface area contributed by atoms with Gasteiger partial charge in [-0.05, 0) is 37.8 Å². The van der Waals surface area contributed by atoms with Gasteiger partial charge in [-0.2, -0.15) is 0 Å². The molecule has 0 saturated heterocycles. The van der Waals surface area contributed by atoms with Gasteiger partial charge in [-0.1, -0.05) is 38.1 Å². The van der Waals surface area contributed by atoms with Crippen LogP contribution in [0.15, 0.2) is 28.8 Å². The maximum absolute atomic E-state index is 12.0. The van der Waals surface area contributed by atoms with Gasteiger partial charge in [-0.15, -0.1) is 0 Å². The van der Waals surface area contributed by atoms with Gasteiger partial charge in [-0.3, -0.25) is 9.59 Å². The summed E-state index contributed by atoms with van der Waals surface area (Å²) in [6.07, 6.45) is 0.778. The number of rotatable bonds is 6. The van der Waals surface area contributed by atoms with E-state index in [1.807, 2.05) is 32.0 Å². The van der Waals surface area contributed by atoms with Gasteiger partial charge in [0.1, 0.15) is 5.69 Å². The molecule has 1 heterocycles. The summed E-state index contributed by atoms with van der Waals surface area (Å²) in [5, 5.41) is 7.57. The Morgan fingerprint density at radius 2 is 1.84 bits per heavy atom. The molecule has 136 valence electrons. The molecule has 0 radical (unpaired) electrons. The van der Waals surface area contributed by atoms with E-state index in [0.717, 1.165) is 11.8 Å².